The number of likely N-dealkylation sites (tertiary alicyclic amines) is 1. The standard InChI is InChI=1S/C22H27F3N2O2/c1-15-4-3-5-20(26-15)29-21(17-6-8-19(9-7-17)22(23,24)25)18-10-12-27(13-11-18)16(2)14-28/h3-9,16,18,21,28H,10-14H2,1-2H3/t16?,21-/m0/s1. The van der Waals surface area contributed by atoms with E-state index in [1.54, 1.807) is 6.07 Å². The van der Waals surface area contributed by atoms with Crippen LogP contribution >= 0.6 is 0 Å². The van der Waals surface area contributed by atoms with Gasteiger partial charge in [-0.2, -0.15) is 13.2 Å². The van der Waals surface area contributed by atoms with Crippen molar-refractivity contribution in [3.63, 3.8) is 0 Å². The van der Waals surface area contributed by atoms with E-state index in [4.69, 9.17) is 4.74 Å². The maximum Gasteiger partial charge on any atom is 0.416 e. The second-order valence-electron chi connectivity index (χ2n) is 7.68. The third-order valence-electron chi connectivity index (χ3n) is 5.57. The van der Waals surface area contributed by atoms with Gasteiger partial charge in [0.1, 0.15) is 6.10 Å². The number of aliphatic hydroxyl groups excluding tert-OH is 1. The molecule has 0 amide bonds. The fraction of sp³-hybridized carbons (Fsp3) is 0.500. The molecule has 1 N–H and O–H groups in total. The first-order valence-corrected chi connectivity index (χ1v) is 9.90. The highest BCUT2D eigenvalue weighted by molar-refractivity contribution is 5.28. The van der Waals surface area contributed by atoms with Crippen LogP contribution in [0.1, 0.15) is 42.7 Å². The highest BCUT2D eigenvalue weighted by Gasteiger charge is 2.33. The fourth-order valence-corrected chi connectivity index (χ4v) is 3.79. The molecule has 2 heterocycles. The summed E-state index contributed by atoms with van der Waals surface area (Å²) in [5, 5.41) is 9.39. The van der Waals surface area contributed by atoms with Crippen LogP contribution < -0.4 is 4.74 Å². The molecular weight excluding hydrogens is 381 g/mol. The van der Waals surface area contributed by atoms with E-state index in [0.29, 0.717) is 5.88 Å². The molecule has 1 aromatic carbocycles. The normalized spacial score (nSPS) is 18.4. The van der Waals surface area contributed by atoms with Crippen LogP contribution in [0.2, 0.25) is 0 Å². The maximum absolute atomic E-state index is 13.0. The van der Waals surface area contributed by atoms with Gasteiger partial charge in [-0.05, 0) is 63.5 Å². The molecule has 2 atom stereocenters. The molecule has 1 saturated heterocycles. The van der Waals surface area contributed by atoms with Crippen molar-refractivity contribution in [2.24, 2.45) is 5.92 Å². The van der Waals surface area contributed by atoms with Gasteiger partial charge in [0, 0.05) is 23.7 Å². The average Bonchev–Trinajstić information content (AvgIpc) is 2.71. The van der Waals surface area contributed by atoms with E-state index in [0.717, 1.165) is 49.3 Å². The van der Waals surface area contributed by atoms with Crippen LogP contribution in [-0.4, -0.2) is 40.7 Å². The lowest BCUT2D eigenvalue weighted by atomic mass is 9.86. The number of nitrogens with zero attached hydrogens (tertiary/aromatic N) is 2. The van der Waals surface area contributed by atoms with Gasteiger partial charge < -0.3 is 9.84 Å². The molecule has 7 heteroatoms. The summed E-state index contributed by atoms with van der Waals surface area (Å²) in [7, 11) is 0. The van der Waals surface area contributed by atoms with Crippen molar-refractivity contribution in [2.75, 3.05) is 19.7 Å². The Kier molecular flexibility index (Phi) is 6.80. The molecule has 0 radical (unpaired) electrons. The third-order valence-corrected chi connectivity index (χ3v) is 5.57. The lowest BCUT2D eigenvalue weighted by Gasteiger charge is -2.38. The Bertz CT molecular complexity index is 787. The number of aliphatic hydroxyl groups is 1. The van der Waals surface area contributed by atoms with Crippen LogP contribution in [0, 0.1) is 12.8 Å². The van der Waals surface area contributed by atoms with Crippen molar-refractivity contribution >= 4 is 0 Å². The van der Waals surface area contributed by atoms with Crippen LogP contribution in [0.3, 0.4) is 0 Å². The minimum absolute atomic E-state index is 0.0971. The SMILES string of the molecule is Cc1cccc(O[C@@H](c2ccc(C(F)(F)F)cc2)C2CCN(C(C)CO)CC2)n1. The van der Waals surface area contributed by atoms with E-state index >= 15 is 0 Å². The molecular formula is C22H27F3N2O2. The summed E-state index contributed by atoms with van der Waals surface area (Å²) < 4.78 is 45.1. The minimum Gasteiger partial charge on any atom is -0.469 e. The summed E-state index contributed by atoms with van der Waals surface area (Å²) >= 11 is 0. The number of aryl methyl sites for hydroxylation is 1. The summed E-state index contributed by atoms with van der Waals surface area (Å²) in [6.45, 7) is 5.59. The number of hydrogen-bond donors (Lipinski definition) is 1. The van der Waals surface area contributed by atoms with Crippen molar-refractivity contribution in [1.82, 2.24) is 9.88 Å². The molecule has 1 aliphatic rings. The quantitative estimate of drug-likeness (QED) is 0.758. The lowest BCUT2D eigenvalue weighted by Crippen LogP contribution is -2.43. The number of hydrogen-bond acceptors (Lipinski definition) is 4. The van der Waals surface area contributed by atoms with Crippen molar-refractivity contribution in [1.29, 1.82) is 0 Å². The highest BCUT2D eigenvalue weighted by atomic mass is 19.4. The monoisotopic (exact) mass is 408 g/mol. The second kappa shape index (κ2) is 9.13. The first-order valence-electron chi connectivity index (χ1n) is 9.90. The van der Waals surface area contributed by atoms with Crippen LogP contribution in [0.5, 0.6) is 5.88 Å². The molecule has 1 aromatic heterocycles. The van der Waals surface area contributed by atoms with E-state index in [1.807, 2.05) is 26.0 Å². The van der Waals surface area contributed by atoms with Gasteiger partial charge in [0.05, 0.1) is 12.2 Å². The number of rotatable bonds is 6. The third kappa shape index (κ3) is 5.48. The molecule has 0 saturated carbocycles. The predicted molar refractivity (Wildman–Crippen MR) is 105 cm³/mol. The molecule has 4 nitrogen and oxygen atoms in total. The molecule has 1 aliphatic heterocycles. The molecule has 1 unspecified atom stereocenters. The van der Waals surface area contributed by atoms with Gasteiger partial charge in [0.15, 0.2) is 0 Å². The Morgan fingerprint density at radius 3 is 2.34 bits per heavy atom. The van der Waals surface area contributed by atoms with Crippen molar-refractivity contribution < 1.29 is 23.0 Å². The molecule has 0 bridgehead atoms. The largest absolute Gasteiger partial charge is 0.469 e. The smallest absolute Gasteiger partial charge is 0.416 e. The van der Waals surface area contributed by atoms with Gasteiger partial charge in [0.2, 0.25) is 5.88 Å². The summed E-state index contributed by atoms with van der Waals surface area (Å²) in [5.41, 5.74) is 0.871. The zero-order valence-corrected chi connectivity index (χ0v) is 16.7. The first-order chi connectivity index (χ1) is 13.8. The Labute approximate surface area is 169 Å². The Hall–Kier alpha value is -2.12. The second-order valence-corrected chi connectivity index (χ2v) is 7.68. The number of alkyl halides is 3. The maximum atomic E-state index is 13.0. The number of benzene rings is 1. The molecule has 0 spiro atoms. The molecule has 29 heavy (non-hydrogen) atoms. The Balaban J connectivity index is 1.82. The molecule has 0 aliphatic carbocycles. The van der Waals surface area contributed by atoms with Gasteiger partial charge in [0.25, 0.3) is 0 Å². The molecule has 1 fully saturated rings. The lowest BCUT2D eigenvalue weighted by molar-refractivity contribution is -0.137. The fourth-order valence-electron chi connectivity index (χ4n) is 3.79. The Morgan fingerprint density at radius 1 is 1.14 bits per heavy atom. The van der Waals surface area contributed by atoms with E-state index in [2.05, 4.69) is 9.88 Å². The van der Waals surface area contributed by atoms with Crippen LogP contribution in [0.15, 0.2) is 42.5 Å². The molecule has 158 valence electrons. The van der Waals surface area contributed by atoms with E-state index in [9.17, 15) is 18.3 Å². The van der Waals surface area contributed by atoms with Crippen molar-refractivity contribution in [2.45, 2.75) is 45.0 Å². The van der Waals surface area contributed by atoms with Crippen LogP contribution in [0.4, 0.5) is 13.2 Å². The van der Waals surface area contributed by atoms with Gasteiger partial charge >= 0.3 is 6.18 Å². The Morgan fingerprint density at radius 2 is 1.79 bits per heavy atom. The highest BCUT2D eigenvalue weighted by Crippen LogP contribution is 2.36. The first kappa shape index (κ1) is 21.6. The number of aromatic nitrogens is 1. The summed E-state index contributed by atoms with van der Waals surface area (Å²) in [4.78, 5) is 6.63. The topological polar surface area (TPSA) is 45.6 Å². The minimum atomic E-state index is -4.36. The number of piperidine rings is 1. The molecule has 3 rings (SSSR count). The van der Waals surface area contributed by atoms with E-state index in [-0.39, 0.29) is 24.7 Å². The number of pyridine rings is 1. The summed E-state index contributed by atoms with van der Waals surface area (Å²) in [6, 6.07) is 10.8. The van der Waals surface area contributed by atoms with Crippen molar-refractivity contribution in [3.05, 3.63) is 59.3 Å². The molecule has 2 aromatic rings. The van der Waals surface area contributed by atoms with E-state index < -0.39 is 11.7 Å². The zero-order valence-electron chi connectivity index (χ0n) is 16.7. The van der Waals surface area contributed by atoms with Gasteiger partial charge in [-0.15, -0.1) is 0 Å². The summed E-state index contributed by atoms with van der Waals surface area (Å²) in [6.07, 6.45) is -3.07. The van der Waals surface area contributed by atoms with Gasteiger partial charge in [-0.25, -0.2) is 4.98 Å². The van der Waals surface area contributed by atoms with Crippen LogP contribution in [0.25, 0.3) is 0 Å². The van der Waals surface area contributed by atoms with Gasteiger partial charge in [-0.3, -0.25) is 4.90 Å². The number of ether oxygens (including phenoxy) is 1. The summed E-state index contributed by atoms with van der Waals surface area (Å²) in [5.74, 6) is 0.622. The van der Waals surface area contributed by atoms with E-state index in [1.165, 1.54) is 12.1 Å². The average molecular weight is 408 g/mol. The zero-order chi connectivity index (χ0) is 21.0. The predicted octanol–water partition coefficient (Wildman–Crippen LogP) is 4.62. The van der Waals surface area contributed by atoms with Crippen LogP contribution in [-0.2, 0) is 6.18 Å². The number of halogens is 3. The van der Waals surface area contributed by atoms with Gasteiger partial charge in [-0.1, -0.05) is 18.2 Å². The van der Waals surface area contributed by atoms with Crippen molar-refractivity contribution in [3.8, 4) is 5.88 Å².